The van der Waals surface area contributed by atoms with Gasteiger partial charge in [0, 0.05) is 117 Å². The first-order valence-electron chi connectivity index (χ1n) is 20.5. The van der Waals surface area contributed by atoms with E-state index in [1.165, 1.54) is 18.3 Å². The van der Waals surface area contributed by atoms with Gasteiger partial charge in [0.1, 0.15) is 29.1 Å². The summed E-state index contributed by atoms with van der Waals surface area (Å²) in [7, 11) is 1.81. The Morgan fingerprint density at radius 3 is 2.37 bits per heavy atom. The minimum absolute atomic E-state index is 0.00762. The van der Waals surface area contributed by atoms with Gasteiger partial charge in [0.25, 0.3) is 0 Å². The molecule has 2 aromatic carbocycles. The molecule has 3 aliphatic heterocycles. The van der Waals surface area contributed by atoms with Gasteiger partial charge in [-0.25, -0.2) is 32.2 Å². The number of hydrogen-bond donors (Lipinski definition) is 5. The predicted molar refractivity (Wildman–Crippen MR) is 232 cm³/mol. The van der Waals surface area contributed by atoms with Gasteiger partial charge in [0.15, 0.2) is 5.82 Å². The highest BCUT2D eigenvalue weighted by Crippen LogP contribution is 2.31. The molecule has 324 valence electrons. The van der Waals surface area contributed by atoms with Gasteiger partial charge >= 0.3 is 6.03 Å². The molecule has 0 aliphatic carbocycles. The van der Waals surface area contributed by atoms with E-state index in [1.54, 1.807) is 35.5 Å². The number of carbonyl (C=O) groups is 4. The molecule has 0 bridgehead atoms. The molecular weight excluding hydrogens is 824 g/mol. The number of imide groups is 1. The molecule has 4 amide bonds. The van der Waals surface area contributed by atoms with E-state index in [4.69, 9.17) is 0 Å². The number of H-pyrrole nitrogens is 1. The predicted octanol–water partition coefficient (Wildman–Crippen LogP) is 5.92. The minimum Gasteiger partial charge on any atom is -0.374 e. The Morgan fingerprint density at radius 1 is 0.887 bits per heavy atom. The lowest BCUT2D eigenvalue weighted by atomic mass is 10.00. The molecule has 62 heavy (non-hydrogen) atoms. The van der Waals surface area contributed by atoms with Gasteiger partial charge in [-0.3, -0.25) is 19.7 Å². The summed E-state index contributed by atoms with van der Waals surface area (Å²) in [6, 6.07) is 11.8. The fraction of sp³-hybridized carbons (Fsp3) is 0.349. The molecule has 1 unspecified atom stereocenters. The first kappa shape index (κ1) is 42.4. The van der Waals surface area contributed by atoms with Gasteiger partial charge in [-0.05, 0) is 74.8 Å². The van der Waals surface area contributed by atoms with Crippen LogP contribution < -0.4 is 30.5 Å². The number of halogens is 3. The largest absolute Gasteiger partial charge is 0.374 e. The van der Waals surface area contributed by atoms with Gasteiger partial charge in [-0.2, -0.15) is 0 Å². The number of rotatable bonds is 12. The fourth-order valence-corrected chi connectivity index (χ4v) is 8.35. The highest BCUT2D eigenvalue weighted by molar-refractivity contribution is 7.98. The van der Waals surface area contributed by atoms with Gasteiger partial charge in [-0.15, -0.1) is 0 Å². The molecule has 0 spiro atoms. The molecule has 5 aromatic rings. The summed E-state index contributed by atoms with van der Waals surface area (Å²) >= 11 is 1.13. The number of carbonyl (C=O) groups excluding carboxylic acids is 4. The summed E-state index contributed by atoms with van der Waals surface area (Å²) in [6.45, 7) is 5.88. The number of anilines is 4. The standard InChI is InChI=1S/C43H46F3N11O4S/c1-3-54(2)62-53-33-7-6-31(44)38(39(33)46)40(59)30-24-49-41-29(30)20-26(23-48-41)25-4-10-36(47-22-25)56-16-18-57(19-17-56)43(61)51-27-12-14-55(15-13-27)35-9-5-28(21-32(35)45)50-34-8-11-37(58)52-42(34)60/h4-7,9-10,20-24,27,34,50,53H,3,8,11-19H2,1-2H3,(H,48,49)(H,51,61)(H,52,58,60). The first-order chi connectivity index (χ1) is 29.9. The van der Waals surface area contributed by atoms with E-state index in [-0.39, 0.29) is 35.7 Å². The molecule has 15 nitrogen and oxygen atoms in total. The molecule has 1 atom stereocenters. The Morgan fingerprint density at radius 2 is 1.66 bits per heavy atom. The average Bonchev–Trinajstić information content (AvgIpc) is 3.71. The number of aromatic nitrogens is 3. The zero-order chi connectivity index (χ0) is 43.5. The summed E-state index contributed by atoms with van der Waals surface area (Å²) in [5.74, 6) is -3.16. The van der Waals surface area contributed by atoms with E-state index in [0.717, 1.165) is 29.6 Å². The zero-order valence-corrected chi connectivity index (χ0v) is 35.0. The van der Waals surface area contributed by atoms with Crippen LogP contribution in [-0.2, 0) is 9.59 Å². The number of benzene rings is 2. The normalized spacial score (nSPS) is 17.4. The average molecular weight is 870 g/mol. The second-order valence-corrected chi connectivity index (χ2v) is 16.5. The van der Waals surface area contributed by atoms with Crippen LogP contribution in [0.4, 0.5) is 40.8 Å². The van der Waals surface area contributed by atoms with Crippen molar-refractivity contribution in [2.75, 3.05) is 72.7 Å². The minimum atomic E-state index is -0.980. The lowest BCUT2D eigenvalue weighted by Gasteiger charge is -2.38. The molecule has 0 saturated carbocycles. The number of hydrogen-bond acceptors (Lipinski definition) is 12. The van der Waals surface area contributed by atoms with Crippen LogP contribution in [0.5, 0.6) is 0 Å². The van der Waals surface area contributed by atoms with Crippen LogP contribution in [0.2, 0.25) is 0 Å². The van der Waals surface area contributed by atoms with Crippen molar-refractivity contribution in [1.29, 1.82) is 0 Å². The number of ketones is 1. The molecule has 6 heterocycles. The monoisotopic (exact) mass is 869 g/mol. The Labute approximate surface area is 360 Å². The number of pyridine rings is 2. The van der Waals surface area contributed by atoms with Crippen LogP contribution >= 0.6 is 12.1 Å². The molecule has 0 radical (unpaired) electrons. The van der Waals surface area contributed by atoms with Crippen LogP contribution in [0.15, 0.2) is 67.1 Å². The van der Waals surface area contributed by atoms with Crippen molar-refractivity contribution >= 4 is 69.7 Å². The van der Waals surface area contributed by atoms with Crippen molar-refractivity contribution in [2.45, 2.75) is 44.7 Å². The van der Waals surface area contributed by atoms with Crippen molar-refractivity contribution in [2.24, 2.45) is 0 Å². The maximum atomic E-state index is 15.5. The summed E-state index contributed by atoms with van der Waals surface area (Å²) in [5, 5.41) is 8.87. The third-order valence-corrected chi connectivity index (χ3v) is 12.4. The second kappa shape index (κ2) is 18.3. The first-order valence-corrected chi connectivity index (χ1v) is 21.3. The van der Waals surface area contributed by atoms with Crippen molar-refractivity contribution in [1.82, 2.24) is 34.8 Å². The Bertz CT molecular complexity index is 2490. The quantitative estimate of drug-likeness (QED) is 0.0571. The highest BCUT2D eigenvalue weighted by Gasteiger charge is 2.30. The van der Waals surface area contributed by atoms with Crippen molar-refractivity contribution in [3.63, 3.8) is 0 Å². The van der Waals surface area contributed by atoms with Crippen LogP contribution in [0.1, 0.15) is 48.5 Å². The van der Waals surface area contributed by atoms with E-state index >= 15 is 8.78 Å². The smallest absolute Gasteiger partial charge is 0.317 e. The topological polar surface area (TPSA) is 171 Å². The molecule has 3 saturated heterocycles. The number of amides is 4. The molecule has 19 heteroatoms. The molecule has 8 rings (SSSR count). The van der Waals surface area contributed by atoms with Gasteiger partial charge in [0.2, 0.25) is 17.6 Å². The van der Waals surface area contributed by atoms with Crippen molar-refractivity contribution in [3.05, 3.63) is 95.7 Å². The van der Waals surface area contributed by atoms with E-state index in [9.17, 15) is 23.6 Å². The van der Waals surface area contributed by atoms with E-state index in [0.29, 0.717) is 93.0 Å². The number of nitrogens with zero attached hydrogens (tertiary/aromatic N) is 6. The van der Waals surface area contributed by atoms with E-state index in [2.05, 4.69) is 40.5 Å². The molecular formula is C43H46F3N11O4S. The summed E-state index contributed by atoms with van der Waals surface area (Å²) in [6.07, 6.45) is 6.63. The molecule has 5 N–H and O–H groups in total. The van der Waals surface area contributed by atoms with Crippen LogP contribution in [0.25, 0.3) is 22.2 Å². The number of aromatic amines is 1. The van der Waals surface area contributed by atoms with Crippen molar-refractivity contribution in [3.8, 4) is 11.1 Å². The second-order valence-electron chi connectivity index (χ2n) is 15.5. The molecule has 3 aliphatic rings. The lowest BCUT2D eigenvalue weighted by molar-refractivity contribution is -0.133. The van der Waals surface area contributed by atoms with Crippen LogP contribution in [0, 0.1) is 17.5 Å². The van der Waals surface area contributed by atoms with E-state index < -0.39 is 40.7 Å². The lowest BCUT2D eigenvalue weighted by Crippen LogP contribution is -2.55. The summed E-state index contributed by atoms with van der Waals surface area (Å²) in [5.41, 5.74) is 2.12. The maximum absolute atomic E-state index is 15.5. The summed E-state index contributed by atoms with van der Waals surface area (Å²) in [4.78, 5) is 68.4. The highest BCUT2D eigenvalue weighted by atomic mass is 32.2. The number of fused-ring (bicyclic) bond motifs is 1. The Kier molecular flexibility index (Phi) is 12.5. The van der Waals surface area contributed by atoms with Gasteiger partial charge in [0.05, 0.1) is 16.9 Å². The van der Waals surface area contributed by atoms with Crippen LogP contribution in [0.3, 0.4) is 0 Å². The molecule has 3 aromatic heterocycles. The zero-order valence-electron chi connectivity index (χ0n) is 34.1. The Hall–Kier alpha value is -6.34. The number of piperazine rings is 1. The van der Waals surface area contributed by atoms with E-state index in [1.807, 2.05) is 35.3 Å². The third-order valence-electron chi connectivity index (χ3n) is 11.5. The SMILES string of the molecule is CCN(C)SNc1ccc(F)c(C(=O)c2c[nH]c3ncc(-c4ccc(N5CCN(C(=O)NC6CCN(c7ccc(NC8CCC(=O)NC8=O)cc7F)CC6)CC5)nc4)cc23)c1F. The fourth-order valence-electron chi connectivity index (χ4n) is 7.81. The maximum Gasteiger partial charge on any atom is 0.317 e. The number of urea groups is 1. The molecule has 3 fully saturated rings. The number of piperidine rings is 2. The summed E-state index contributed by atoms with van der Waals surface area (Å²) < 4.78 is 50.3. The van der Waals surface area contributed by atoms with Gasteiger partial charge in [-0.1, -0.05) is 6.92 Å². The van der Waals surface area contributed by atoms with Gasteiger partial charge < -0.3 is 35.0 Å². The number of nitrogens with one attached hydrogen (secondary N) is 5. The van der Waals surface area contributed by atoms with Crippen LogP contribution in [-0.4, -0.2) is 113 Å². The van der Waals surface area contributed by atoms with Crippen molar-refractivity contribution < 1.29 is 32.3 Å². The third kappa shape index (κ3) is 9.13. The Balaban J connectivity index is 0.828.